The van der Waals surface area contributed by atoms with Gasteiger partial charge in [-0.2, -0.15) is 5.26 Å². The minimum atomic E-state index is -0.437. The zero-order valence-electron chi connectivity index (χ0n) is 11.8. The Hall–Kier alpha value is -1.78. The second-order valence-corrected chi connectivity index (χ2v) is 7.15. The van der Waals surface area contributed by atoms with Gasteiger partial charge in [-0.05, 0) is 40.2 Å². The first-order valence-electron chi connectivity index (χ1n) is 6.53. The summed E-state index contributed by atoms with van der Waals surface area (Å²) in [4.78, 5) is 12.2. The number of hydrogen-bond acceptors (Lipinski definition) is 4. The van der Waals surface area contributed by atoms with Gasteiger partial charge in [-0.25, -0.2) is 0 Å². The maximum absolute atomic E-state index is 12.2. The van der Waals surface area contributed by atoms with Crippen molar-refractivity contribution in [3.05, 3.63) is 61.8 Å². The van der Waals surface area contributed by atoms with Crippen LogP contribution in [0.1, 0.15) is 16.1 Å². The van der Waals surface area contributed by atoms with Crippen LogP contribution in [0, 0.1) is 11.3 Å². The van der Waals surface area contributed by atoms with Crippen molar-refractivity contribution in [3.8, 4) is 17.2 Å². The third-order valence-corrected chi connectivity index (χ3v) is 5.02. The van der Waals surface area contributed by atoms with Crippen LogP contribution in [0.2, 0.25) is 10.0 Å². The van der Waals surface area contributed by atoms with E-state index in [4.69, 9.17) is 27.6 Å². The number of carbonyl (C=O) groups is 1. The topological polar surface area (TPSA) is 66.0 Å². The van der Waals surface area contributed by atoms with Crippen LogP contribution in [0.5, 0.6) is 0 Å². The molecule has 0 aliphatic carbocycles. The Balaban J connectivity index is 1.95. The molecule has 1 aromatic carbocycles. The minimum absolute atomic E-state index is 0.144. The van der Waals surface area contributed by atoms with E-state index in [9.17, 15) is 10.1 Å². The van der Waals surface area contributed by atoms with Crippen LogP contribution >= 0.6 is 50.5 Å². The lowest BCUT2D eigenvalue weighted by Crippen LogP contribution is -2.10. The maximum atomic E-state index is 12.2. The number of thiophene rings is 1. The fourth-order valence-corrected chi connectivity index (χ4v) is 3.79. The molecule has 0 spiro atoms. The normalized spacial score (nSPS) is 10.4. The van der Waals surface area contributed by atoms with E-state index >= 15 is 0 Å². The molecule has 0 radical (unpaired) electrons. The van der Waals surface area contributed by atoms with Crippen LogP contribution in [-0.2, 0) is 0 Å². The van der Waals surface area contributed by atoms with E-state index in [-0.39, 0.29) is 5.76 Å². The van der Waals surface area contributed by atoms with Crippen LogP contribution in [-0.4, -0.2) is 5.91 Å². The monoisotopic (exact) mass is 440 g/mol. The lowest BCUT2D eigenvalue weighted by molar-refractivity contribution is 0.0996. The van der Waals surface area contributed by atoms with Gasteiger partial charge in [0.2, 0.25) is 0 Å². The first kappa shape index (κ1) is 17.1. The summed E-state index contributed by atoms with van der Waals surface area (Å²) >= 11 is 16.5. The van der Waals surface area contributed by atoms with E-state index in [1.54, 1.807) is 29.6 Å². The van der Waals surface area contributed by atoms with Gasteiger partial charge < -0.3 is 9.73 Å². The van der Waals surface area contributed by atoms with Gasteiger partial charge in [0.05, 0.1) is 5.56 Å². The van der Waals surface area contributed by atoms with E-state index < -0.39 is 5.91 Å². The standard InChI is InChI=1S/C16H7BrCl2N2O2S/c17-14-4-3-13(23-14)15(22)21-16-10(6-20)11(7-24-16)9-2-1-8(18)5-12(9)19/h1-5,7H,(H,21,22). The molecule has 0 saturated heterocycles. The molecule has 0 atom stereocenters. The summed E-state index contributed by atoms with van der Waals surface area (Å²) in [5.74, 6) is -0.293. The quantitative estimate of drug-likeness (QED) is 0.525. The van der Waals surface area contributed by atoms with Crippen molar-refractivity contribution < 1.29 is 9.21 Å². The zero-order chi connectivity index (χ0) is 17.3. The van der Waals surface area contributed by atoms with Crippen LogP contribution in [0.25, 0.3) is 11.1 Å². The first-order chi connectivity index (χ1) is 11.5. The SMILES string of the molecule is N#Cc1c(-c2ccc(Cl)cc2Cl)csc1NC(=O)c1ccc(Br)o1. The van der Waals surface area contributed by atoms with Crippen molar-refractivity contribution in [3.63, 3.8) is 0 Å². The van der Waals surface area contributed by atoms with E-state index in [0.29, 0.717) is 36.4 Å². The average Bonchev–Trinajstić information content (AvgIpc) is 3.13. The van der Waals surface area contributed by atoms with Gasteiger partial charge in [0, 0.05) is 26.6 Å². The molecule has 0 saturated carbocycles. The van der Waals surface area contributed by atoms with Gasteiger partial charge in [0.25, 0.3) is 5.91 Å². The van der Waals surface area contributed by atoms with Gasteiger partial charge in [-0.3, -0.25) is 4.79 Å². The summed E-state index contributed by atoms with van der Waals surface area (Å²) in [6.07, 6.45) is 0. The number of hydrogen-bond donors (Lipinski definition) is 1. The minimum Gasteiger partial charge on any atom is -0.444 e. The highest BCUT2D eigenvalue weighted by Gasteiger charge is 2.19. The molecular formula is C16H7BrCl2N2O2S. The summed E-state index contributed by atoms with van der Waals surface area (Å²) in [7, 11) is 0. The van der Waals surface area contributed by atoms with Gasteiger partial charge in [-0.1, -0.05) is 29.3 Å². The largest absolute Gasteiger partial charge is 0.444 e. The molecule has 4 nitrogen and oxygen atoms in total. The number of nitrogens with one attached hydrogen (secondary N) is 1. The molecule has 3 aromatic rings. The lowest BCUT2D eigenvalue weighted by atomic mass is 10.0. The van der Waals surface area contributed by atoms with E-state index in [1.165, 1.54) is 17.4 Å². The fourth-order valence-electron chi connectivity index (χ4n) is 2.07. The molecule has 120 valence electrons. The Bertz CT molecular complexity index is 975. The zero-order valence-corrected chi connectivity index (χ0v) is 15.7. The number of amides is 1. The number of anilines is 1. The molecule has 0 fully saturated rings. The van der Waals surface area contributed by atoms with Crippen LogP contribution in [0.15, 0.2) is 44.8 Å². The number of rotatable bonds is 3. The highest BCUT2D eigenvalue weighted by atomic mass is 79.9. The van der Waals surface area contributed by atoms with Gasteiger partial charge in [-0.15, -0.1) is 11.3 Å². The number of furan rings is 1. The summed E-state index contributed by atoms with van der Waals surface area (Å²) in [5, 5.41) is 15.3. The van der Waals surface area contributed by atoms with Crippen LogP contribution in [0.3, 0.4) is 0 Å². The second-order valence-electron chi connectivity index (χ2n) is 4.65. The smallest absolute Gasteiger partial charge is 0.292 e. The highest BCUT2D eigenvalue weighted by Crippen LogP contribution is 2.39. The summed E-state index contributed by atoms with van der Waals surface area (Å²) in [6, 6.07) is 10.3. The molecule has 0 aliphatic heterocycles. The number of benzene rings is 1. The molecule has 0 aliphatic rings. The molecule has 0 bridgehead atoms. The number of halogens is 3. The third kappa shape index (κ3) is 3.35. The predicted molar refractivity (Wildman–Crippen MR) is 98.9 cm³/mol. The molecule has 3 rings (SSSR count). The number of carbonyl (C=O) groups excluding carboxylic acids is 1. The molecule has 0 unspecified atom stereocenters. The molecule has 24 heavy (non-hydrogen) atoms. The summed E-state index contributed by atoms with van der Waals surface area (Å²) in [6.45, 7) is 0. The first-order valence-corrected chi connectivity index (χ1v) is 8.96. The Kier molecular flexibility index (Phi) is 4.97. The lowest BCUT2D eigenvalue weighted by Gasteiger charge is -2.04. The maximum Gasteiger partial charge on any atom is 0.292 e. The molecule has 2 heterocycles. The molecule has 2 aromatic heterocycles. The highest BCUT2D eigenvalue weighted by molar-refractivity contribution is 9.10. The second kappa shape index (κ2) is 6.99. The Morgan fingerprint density at radius 3 is 2.67 bits per heavy atom. The summed E-state index contributed by atoms with van der Waals surface area (Å²) in [5.41, 5.74) is 1.65. The van der Waals surface area contributed by atoms with Gasteiger partial charge >= 0.3 is 0 Å². The van der Waals surface area contributed by atoms with Crippen molar-refractivity contribution >= 4 is 61.4 Å². The summed E-state index contributed by atoms with van der Waals surface area (Å²) < 4.78 is 5.66. The molecular weight excluding hydrogens is 435 g/mol. The van der Waals surface area contributed by atoms with Crippen LogP contribution < -0.4 is 5.32 Å². The van der Waals surface area contributed by atoms with Gasteiger partial charge in [0.15, 0.2) is 10.4 Å². The third-order valence-electron chi connectivity index (χ3n) is 3.15. The van der Waals surface area contributed by atoms with E-state index in [2.05, 4.69) is 27.3 Å². The Labute approximate surface area is 159 Å². The van der Waals surface area contributed by atoms with Crippen molar-refractivity contribution in [2.75, 3.05) is 5.32 Å². The van der Waals surface area contributed by atoms with Crippen molar-refractivity contribution in [2.24, 2.45) is 0 Å². The van der Waals surface area contributed by atoms with Crippen LogP contribution in [0.4, 0.5) is 5.00 Å². The predicted octanol–water partition coefficient (Wildman–Crippen LogP) is 6.20. The van der Waals surface area contributed by atoms with Crippen molar-refractivity contribution in [2.45, 2.75) is 0 Å². The number of nitrogens with zero attached hydrogens (tertiary/aromatic N) is 1. The molecule has 1 amide bonds. The number of nitriles is 1. The average molecular weight is 442 g/mol. The fraction of sp³-hybridized carbons (Fsp3) is 0. The van der Waals surface area contributed by atoms with Crippen molar-refractivity contribution in [1.82, 2.24) is 0 Å². The van der Waals surface area contributed by atoms with E-state index in [0.717, 1.165) is 0 Å². The Morgan fingerprint density at radius 1 is 1.25 bits per heavy atom. The van der Waals surface area contributed by atoms with Crippen molar-refractivity contribution in [1.29, 1.82) is 5.26 Å². The molecule has 8 heteroatoms. The van der Waals surface area contributed by atoms with E-state index in [1.807, 2.05) is 0 Å². The van der Waals surface area contributed by atoms with Gasteiger partial charge in [0.1, 0.15) is 11.1 Å². The Morgan fingerprint density at radius 2 is 2.04 bits per heavy atom. The molecule has 1 N–H and O–H groups in total.